The van der Waals surface area contributed by atoms with Crippen LogP contribution in [-0.2, 0) is 0 Å². The summed E-state index contributed by atoms with van der Waals surface area (Å²) in [6.07, 6.45) is 3.34. The van der Waals surface area contributed by atoms with E-state index in [4.69, 9.17) is 0 Å². The second-order valence-corrected chi connectivity index (χ2v) is 3.26. The van der Waals surface area contributed by atoms with Gasteiger partial charge in [0.05, 0.1) is 4.47 Å². The van der Waals surface area contributed by atoms with Crippen LogP contribution in [0.25, 0.3) is 0 Å². The second-order valence-electron chi connectivity index (χ2n) is 1.62. The molecule has 1 aromatic heterocycles. The molecule has 0 fully saturated rings. The van der Waals surface area contributed by atoms with Crippen LogP contribution >= 0.6 is 27.7 Å². The molecule has 4 heteroatoms. The Kier molecular flexibility index (Phi) is 2.68. The third kappa shape index (κ3) is 1.49. The van der Waals surface area contributed by atoms with E-state index >= 15 is 0 Å². The van der Waals surface area contributed by atoms with Gasteiger partial charge in [0.1, 0.15) is 0 Å². The average molecular weight is 222 g/mol. The number of thioether (sulfide) groups is 1. The minimum atomic E-state index is -0.452. The van der Waals surface area contributed by atoms with Crippen LogP contribution in [0.2, 0.25) is 0 Å². The lowest BCUT2D eigenvalue weighted by atomic mass is 10.5. The molecule has 1 aromatic rings. The lowest BCUT2D eigenvalue weighted by Gasteiger charge is -1.98. The van der Waals surface area contributed by atoms with Crippen molar-refractivity contribution in [3.63, 3.8) is 0 Å². The minimum Gasteiger partial charge on any atom is -0.227 e. The molecule has 10 heavy (non-hydrogen) atoms. The SMILES string of the molecule is CSc1ccnc(F)c1Br. The summed E-state index contributed by atoms with van der Waals surface area (Å²) in [5, 5.41) is 0. The highest BCUT2D eigenvalue weighted by Gasteiger charge is 2.03. The summed E-state index contributed by atoms with van der Waals surface area (Å²) in [6, 6.07) is 1.76. The van der Waals surface area contributed by atoms with Crippen molar-refractivity contribution < 1.29 is 4.39 Å². The van der Waals surface area contributed by atoms with Crippen LogP contribution in [-0.4, -0.2) is 11.2 Å². The molecule has 0 N–H and O–H groups in total. The van der Waals surface area contributed by atoms with Gasteiger partial charge in [-0.1, -0.05) is 0 Å². The third-order valence-electron chi connectivity index (χ3n) is 1.03. The summed E-state index contributed by atoms with van der Waals surface area (Å²) in [6.45, 7) is 0. The van der Waals surface area contributed by atoms with Gasteiger partial charge in [-0.05, 0) is 28.3 Å². The Morgan fingerprint density at radius 1 is 1.70 bits per heavy atom. The molecule has 0 unspecified atom stereocenters. The molecule has 0 aliphatic carbocycles. The number of hydrogen-bond donors (Lipinski definition) is 0. The molecule has 0 saturated heterocycles. The molecule has 0 bridgehead atoms. The molecule has 0 radical (unpaired) electrons. The van der Waals surface area contributed by atoms with Gasteiger partial charge in [0.25, 0.3) is 0 Å². The molecule has 0 spiro atoms. The van der Waals surface area contributed by atoms with E-state index in [1.807, 2.05) is 6.26 Å². The normalized spacial score (nSPS) is 9.90. The van der Waals surface area contributed by atoms with Gasteiger partial charge in [0.2, 0.25) is 5.95 Å². The van der Waals surface area contributed by atoms with E-state index in [1.54, 1.807) is 6.07 Å². The summed E-state index contributed by atoms with van der Waals surface area (Å²) in [5.41, 5.74) is 0. The lowest BCUT2D eigenvalue weighted by Crippen LogP contribution is -1.84. The van der Waals surface area contributed by atoms with Crippen molar-refractivity contribution in [2.24, 2.45) is 0 Å². The van der Waals surface area contributed by atoms with E-state index < -0.39 is 5.95 Å². The van der Waals surface area contributed by atoms with Gasteiger partial charge in [-0.15, -0.1) is 11.8 Å². The highest BCUT2D eigenvalue weighted by atomic mass is 79.9. The number of halogens is 2. The monoisotopic (exact) mass is 221 g/mol. The van der Waals surface area contributed by atoms with Crippen LogP contribution in [0.4, 0.5) is 4.39 Å². The smallest absolute Gasteiger partial charge is 0.227 e. The van der Waals surface area contributed by atoms with Crippen LogP contribution in [0, 0.1) is 5.95 Å². The van der Waals surface area contributed by atoms with Gasteiger partial charge in [-0.2, -0.15) is 4.39 Å². The Bertz CT molecular complexity index is 241. The fourth-order valence-corrected chi connectivity index (χ4v) is 1.74. The first-order valence-electron chi connectivity index (χ1n) is 2.59. The zero-order valence-electron chi connectivity index (χ0n) is 5.27. The fourth-order valence-electron chi connectivity index (χ4n) is 0.560. The van der Waals surface area contributed by atoms with Crippen LogP contribution in [0.5, 0.6) is 0 Å². The van der Waals surface area contributed by atoms with E-state index in [0.29, 0.717) is 4.47 Å². The van der Waals surface area contributed by atoms with Crippen molar-refractivity contribution in [3.8, 4) is 0 Å². The molecule has 0 atom stereocenters. The number of hydrogen-bond acceptors (Lipinski definition) is 2. The van der Waals surface area contributed by atoms with Crippen molar-refractivity contribution in [3.05, 3.63) is 22.7 Å². The Morgan fingerprint density at radius 3 is 2.90 bits per heavy atom. The molecule has 54 valence electrons. The van der Waals surface area contributed by atoms with E-state index in [-0.39, 0.29) is 0 Å². The van der Waals surface area contributed by atoms with Crippen molar-refractivity contribution in [1.29, 1.82) is 0 Å². The maximum absolute atomic E-state index is 12.6. The predicted octanol–water partition coefficient (Wildman–Crippen LogP) is 2.71. The van der Waals surface area contributed by atoms with Crippen molar-refractivity contribution >= 4 is 27.7 Å². The van der Waals surface area contributed by atoms with Gasteiger partial charge in [0.15, 0.2) is 0 Å². The van der Waals surface area contributed by atoms with Crippen molar-refractivity contribution in [2.75, 3.05) is 6.26 Å². The summed E-state index contributed by atoms with van der Waals surface area (Å²) >= 11 is 4.56. The molecule has 1 heterocycles. The molecule has 1 rings (SSSR count). The van der Waals surface area contributed by atoms with Crippen LogP contribution in [0.15, 0.2) is 21.6 Å². The van der Waals surface area contributed by atoms with Gasteiger partial charge in [0, 0.05) is 11.1 Å². The summed E-state index contributed by atoms with van der Waals surface area (Å²) in [4.78, 5) is 4.33. The highest BCUT2D eigenvalue weighted by Crippen LogP contribution is 2.25. The minimum absolute atomic E-state index is 0.447. The molecule has 1 nitrogen and oxygen atoms in total. The number of nitrogens with zero attached hydrogens (tertiary/aromatic N) is 1. The summed E-state index contributed by atoms with van der Waals surface area (Å²) < 4.78 is 13.0. The molecular formula is C6H5BrFNS. The first kappa shape index (κ1) is 8.01. The Hall–Kier alpha value is -0.0900. The molecule has 0 aliphatic heterocycles. The van der Waals surface area contributed by atoms with E-state index in [1.165, 1.54) is 18.0 Å². The summed E-state index contributed by atoms with van der Waals surface area (Å²) in [7, 11) is 0. The zero-order chi connectivity index (χ0) is 7.56. The lowest BCUT2D eigenvalue weighted by molar-refractivity contribution is 0.572. The van der Waals surface area contributed by atoms with Crippen LogP contribution < -0.4 is 0 Å². The van der Waals surface area contributed by atoms with Gasteiger partial charge in [-0.25, -0.2) is 4.98 Å². The van der Waals surface area contributed by atoms with Gasteiger partial charge >= 0.3 is 0 Å². The quantitative estimate of drug-likeness (QED) is 0.535. The van der Waals surface area contributed by atoms with Crippen LogP contribution in [0.1, 0.15) is 0 Å². The van der Waals surface area contributed by atoms with Gasteiger partial charge < -0.3 is 0 Å². The fraction of sp³-hybridized carbons (Fsp3) is 0.167. The Morgan fingerprint density at radius 2 is 2.40 bits per heavy atom. The molecule has 0 amide bonds. The van der Waals surface area contributed by atoms with Crippen LogP contribution in [0.3, 0.4) is 0 Å². The maximum Gasteiger partial charge on any atom is 0.228 e. The number of rotatable bonds is 1. The largest absolute Gasteiger partial charge is 0.228 e. The van der Waals surface area contributed by atoms with E-state index in [0.717, 1.165) is 4.90 Å². The average Bonchev–Trinajstić information content (AvgIpc) is 1.95. The number of aromatic nitrogens is 1. The molecular weight excluding hydrogens is 217 g/mol. The third-order valence-corrected chi connectivity index (χ3v) is 2.83. The number of pyridine rings is 1. The van der Waals surface area contributed by atoms with Crippen molar-refractivity contribution in [2.45, 2.75) is 4.90 Å². The van der Waals surface area contributed by atoms with E-state index in [2.05, 4.69) is 20.9 Å². The topological polar surface area (TPSA) is 12.9 Å². The Balaban J connectivity index is 3.14. The summed E-state index contributed by atoms with van der Waals surface area (Å²) in [5.74, 6) is -0.452. The van der Waals surface area contributed by atoms with Gasteiger partial charge in [-0.3, -0.25) is 0 Å². The first-order chi connectivity index (χ1) is 4.75. The Labute approximate surface area is 71.2 Å². The standard InChI is InChI=1S/C6H5BrFNS/c1-10-4-2-3-9-6(8)5(4)7/h2-3H,1H3. The van der Waals surface area contributed by atoms with Crippen molar-refractivity contribution in [1.82, 2.24) is 4.98 Å². The second kappa shape index (κ2) is 3.34. The maximum atomic E-state index is 12.6. The molecule has 0 aromatic carbocycles. The molecule has 0 aliphatic rings. The molecule has 0 saturated carbocycles. The zero-order valence-corrected chi connectivity index (χ0v) is 7.67. The first-order valence-corrected chi connectivity index (χ1v) is 4.61. The highest BCUT2D eigenvalue weighted by molar-refractivity contribution is 9.10. The van der Waals surface area contributed by atoms with E-state index in [9.17, 15) is 4.39 Å². The predicted molar refractivity (Wildman–Crippen MR) is 43.7 cm³/mol.